The Morgan fingerprint density at radius 3 is 2.57 bits per heavy atom. The number of nitrogens with zero attached hydrogens (tertiary/aromatic N) is 3. The van der Waals surface area contributed by atoms with E-state index in [-0.39, 0.29) is 22.0 Å². The Labute approximate surface area is 254 Å². The second kappa shape index (κ2) is 12.9. The van der Waals surface area contributed by atoms with Crippen molar-refractivity contribution in [3.05, 3.63) is 99.8 Å². The lowest BCUT2D eigenvalue weighted by molar-refractivity contribution is -0.132. The minimum absolute atomic E-state index is 0.0208. The molecule has 1 amide bonds. The van der Waals surface area contributed by atoms with Gasteiger partial charge in [-0.25, -0.2) is 4.39 Å². The van der Waals surface area contributed by atoms with Crippen molar-refractivity contribution in [3.63, 3.8) is 0 Å². The summed E-state index contributed by atoms with van der Waals surface area (Å²) in [6.07, 6.45) is 0.828. The Morgan fingerprint density at radius 1 is 1.12 bits per heavy atom. The fraction of sp³-hybridized carbons (Fsp3) is 0.200. The maximum Gasteiger partial charge on any atom is 0.301 e. The number of halogens is 2. The highest BCUT2D eigenvalue weighted by atomic mass is 35.5. The second-order valence-corrected chi connectivity index (χ2v) is 11.8. The van der Waals surface area contributed by atoms with Gasteiger partial charge < -0.3 is 14.6 Å². The summed E-state index contributed by atoms with van der Waals surface area (Å²) in [7, 11) is 1.32. The minimum Gasteiger partial charge on any atom is -0.507 e. The van der Waals surface area contributed by atoms with Gasteiger partial charge in [-0.05, 0) is 53.9 Å². The molecule has 1 aromatic heterocycles. The Kier molecular flexibility index (Phi) is 9.10. The quantitative estimate of drug-likeness (QED) is 0.0658. The number of aliphatic hydroxyl groups is 1. The molecule has 1 N–H and O–H groups in total. The lowest BCUT2D eigenvalue weighted by Gasteiger charge is -2.22. The smallest absolute Gasteiger partial charge is 0.301 e. The molecule has 2 heterocycles. The summed E-state index contributed by atoms with van der Waals surface area (Å²) in [5.74, 6) is -1.95. The molecular weight excluding hydrogens is 601 g/mol. The number of amides is 1. The van der Waals surface area contributed by atoms with E-state index in [9.17, 15) is 19.1 Å². The van der Waals surface area contributed by atoms with Crippen LogP contribution in [0.1, 0.15) is 36.1 Å². The van der Waals surface area contributed by atoms with E-state index in [2.05, 4.69) is 10.2 Å². The molecule has 8 nitrogen and oxygen atoms in total. The van der Waals surface area contributed by atoms with Gasteiger partial charge in [-0.3, -0.25) is 14.5 Å². The predicted octanol–water partition coefficient (Wildman–Crippen LogP) is 7.05. The SMILES string of the molecule is CCCOc1ccc([C@H]2C(=C(O)c3ccc(OC)c(F)c3)C(=O)C(=O)N2c2nnc(SCc3ccccc3Cl)s2)cc1. The van der Waals surface area contributed by atoms with E-state index in [1.165, 1.54) is 35.9 Å². The Hall–Kier alpha value is -3.93. The van der Waals surface area contributed by atoms with Gasteiger partial charge in [0.25, 0.3) is 5.78 Å². The summed E-state index contributed by atoms with van der Waals surface area (Å²) < 4.78 is 25.8. The lowest BCUT2D eigenvalue weighted by Crippen LogP contribution is -2.29. The molecule has 12 heteroatoms. The lowest BCUT2D eigenvalue weighted by atomic mass is 9.95. The van der Waals surface area contributed by atoms with E-state index >= 15 is 0 Å². The van der Waals surface area contributed by atoms with Gasteiger partial charge in [-0.1, -0.05) is 72.0 Å². The summed E-state index contributed by atoms with van der Waals surface area (Å²) in [6, 6.07) is 17.1. The number of ether oxygens (including phenoxy) is 2. The standard InChI is InChI=1S/C30H25ClFN3O5S2/c1-3-14-40-20-11-8-17(9-12-20)25-24(26(36)18-10-13-23(39-2)22(32)15-18)27(37)28(38)35(25)29-33-34-30(42-29)41-16-19-6-4-5-7-21(19)31/h4-13,15,25,36H,3,14,16H2,1-2H3/t25-/m0/s1. The first-order valence-corrected chi connectivity index (χ1v) is 15.1. The first kappa shape index (κ1) is 29.6. The van der Waals surface area contributed by atoms with Crippen molar-refractivity contribution in [3.8, 4) is 11.5 Å². The normalized spacial score (nSPS) is 16.2. The molecule has 5 rings (SSSR count). The van der Waals surface area contributed by atoms with Crippen LogP contribution >= 0.6 is 34.7 Å². The van der Waals surface area contributed by atoms with Crippen molar-refractivity contribution >= 4 is 57.3 Å². The van der Waals surface area contributed by atoms with Crippen LogP contribution in [0, 0.1) is 5.82 Å². The number of methoxy groups -OCH3 is 1. The third-order valence-corrected chi connectivity index (χ3v) is 8.92. The van der Waals surface area contributed by atoms with Crippen LogP contribution in [-0.4, -0.2) is 40.7 Å². The number of benzene rings is 3. The molecule has 3 aromatic carbocycles. The average molecular weight is 626 g/mol. The fourth-order valence-corrected chi connectivity index (χ4v) is 6.55. The van der Waals surface area contributed by atoms with Crippen LogP contribution in [0.5, 0.6) is 11.5 Å². The molecule has 1 saturated heterocycles. The Balaban J connectivity index is 1.54. The third kappa shape index (κ3) is 5.99. The van der Waals surface area contributed by atoms with Gasteiger partial charge >= 0.3 is 5.91 Å². The van der Waals surface area contributed by atoms with Crippen molar-refractivity contribution in [2.45, 2.75) is 29.5 Å². The highest BCUT2D eigenvalue weighted by Crippen LogP contribution is 2.44. The number of ketones is 1. The van der Waals surface area contributed by atoms with Crippen LogP contribution in [-0.2, 0) is 15.3 Å². The molecule has 0 aliphatic carbocycles. The molecule has 1 aliphatic rings. The predicted molar refractivity (Wildman–Crippen MR) is 161 cm³/mol. The van der Waals surface area contributed by atoms with Crippen LogP contribution in [0.4, 0.5) is 9.52 Å². The summed E-state index contributed by atoms with van der Waals surface area (Å²) in [5, 5.41) is 20.5. The van der Waals surface area contributed by atoms with Gasteiger partial charge in [-0.15, -0.1) is 10.2 Å². The summed E-state index contributed by atoms with van der Waals surface area (Å²) in [4.78, 5) is 28.1. The number of rotatable bonds is 10. The largest absolute Gasteiger partial charge is 0.507 e. The molecule has 0 radical (unpaired) electrons. The number of anilines is 1. The van der Waals surface area contributed by atoms with Crippen molar-refractivity contribution in [1.82, 2.24) is 10.2 Å². The summed E-state index contributed by atoms with van der Waals surface area (Å²) in [5.41, 5.74) is 1.26. The fourth-order valence-electron chi connectivity index (χ4n) is 4.39. The molecule has 0 spiro atoms. The monoisotopic (exact) mass is 625 g/mol. The van der Waals surface area contributed by atoms with Crippen LogP contribution in [0.2, 0.25) is 5.02 Å². The number of aliphatic hydroxyl groups excluding tert-OH is 1. The highest BCUT2D eigenvalue weighted by Gasteiger charge is 2.48. The zero-order chi connectivity index (χ0) is 29.8. The van der Waals surface area contributed by atoms with Crippen molar-refractivity contribution < 1.29 is 28.6 Å². The Morgan fingerprint density at radius 2 is 1.88 bits per heavy atom. The van der Waals surface area contributed by atoms with Gasteiger partial charge in [0.05, 0.1) is 25.3 Å². The molecule has 1 fully saturated rings. The van der Waals surface area contributed by atoms with Crippen molar-refractivity contribution in [2.24, 2.45) is 0 Å². The number of carbonyl (C=O) groups is 2. The highest BCUT2D eigenvalue weighted by molar-refractivity contribution is 8.00. The van der Waals surface area contributed by atoms with Gasteiger partial charge in [0.2, 0.25) is 5.13 Å². The van der Waals surface area contributed by atoms with Crippen LogP contribution in [0.15, 0.2) is 76.6 Å². The zero-order valence-electron chi connectivity index (χ0n) is 22.5. The first-order chi connectivity index (χ1) is 20.3. The zero-order valence-corrected chi connectivity index (χ0v) is 24.9. The first-order valence-electron chi connectivity index (χ1n) is 12.9. The molecule has 0 bridgehead atoms. The number of thioether (sulfide) groups is 1. The van der Waals surface area contributed by atoms with Gasteiger partial charge in [0.1, 0.15) is 11.5 Å². The maximum atomic E-state index is 14.5. The number of aromatic nitrogens is 2. The number of Topliss-reactive ketones (excluding diaryl/α,β-unsaturated/α-hetero) is 1. The number of hydrogen-bond acceptors (Lipinski definition) is 9. The van der Waals surface area contributed by atoms with Gasteiger partial charge in [0, 0.05) is 16.3 Å². The summed E-state index contributed by atoms with van der Waals surface area (Å²) >= 11 is 8.81. The van der Waals surface area contributed by atoms with Crippen molar-refractivity contribution in [1.29, 1.82) is 0 Å². The van der Waals surface area contributed by atoms with Crippen LogP contribution in [0.25, 0.3) is 5.76 Å². The van der Waals surface area contributed by atoms with Crippen molar-refractivity contribution in [2.75, 3.05) is 18.6 Å². The molecule has 1 atom stereocenters. The number of hydrogen-bond donors (Lipinski definition) is 1. The Bertz CT molecular complexity index is 1660. The number of carbonyl (C=O) groups excluding carboxylic acids is 2. The topological polar surface area (TPSA) is 102 Å². The van der Waals surface area contributed by atoms with E-state index < -0.39 is 29.3 Å². The molecule has 0 saturated carbocycles. The second-order valence-electron chi connectivity index (χ2n) is 9.17. The van der Waals surface area contributed by atoms with E-state index in [0.717, 1.165) is 29.4 Å². The van der Waals surface area contributed by atoms with E-state index in [0.29, 0.717) is 33.0 Å². The van der Waals surface area contributed by atoms with E-state index in [1.807, 2.05) is 25.1 Å². The molecule has 216 valence electrons. The maximum absolute atomic E-state index is 14.5. The van der Waals surface area contributed by atoms with Gasteiger partial charge in [-0.2, -0.15) is 0 Å². The molecule has 1 aliphatic heterocycles. The summed E-state index contributed by atoms with van der Waals surface area (Å²) in [6.45, 7) is 2.52. The van der Waals surface area contributed by atoms with Crippen LogP contribution in [0.3, 0.4) is 0 Å². The molecular formula is C30H25ClFN3O5S2. The molecule has 4 aromatic rings. The molecule has 0 unspecified atom stereocenters. The average Bonchev–Trinajstić information content (AvgIpc) is 3.57. The third-order valence-electron chi connectivity index (χ3n) is 6.45. The van der Waals surface area contributed by atoms with E-state index in [4.69, 9.17) is 21.1 Å². The molecule has 42 heavy (non-hydrogen) atoms. The van der Waals surface area contributed by atoms with Gasteiger partial charge in [0.15, 0.2) is 15.9 Å². The van der Waals surface area contributed by atoms with E-state index in [1.54, 1.807) is 30.3 Å². The minimum atomic E-state index is -1.05. The van der Waals surface area contributed by atoms with Crippen LogP contribution < -0.4 is 14.4 Å².